The zero-order valence-electron chi connectivity index (χ0n) is 15.5. The number of nitrogens with zero attached hydrogens (tertiary/aromatic N) is 1. The summed E-state index contributed by atoms with van der Waals surface area (Å²) in [6.07, 6.45) is 3.31. The molecule has 1 saturated heterocycles. The highest BCUT2D eigenvalue weighted by Gasteiger charge is 2.41. The lowest BCUT2D eigenvalue weighted by Gasteiger charge is -2.29. The fourth-order valence-electron chi connectivity index (χ4n) is 2.95. The number of rotatable bonds is 8. The number of carbonyl (C=O) groups excluding carboxylic acids is 2. The van der Waals surface area contributed by atoms with Crippen LogP contribution in [0.15, 0.2) is 30.3 Å². The minimum absolute atomic E-state index is 0.0172. The second kappa shape index (κ2) is 9.85. The molecule has 1 N–H and O–H groups in total. The third-order valence-corrected chi connectivity index (χ3v) is 5.76. The van der Waals surface area contributed by atoms with Gasteiger partial charge in [-0.25, -0.2) is 0 Å². The van der Waals surface area contributed by atoms with Crippen molar-refractivity contribution < 1.29 is 9.59 Å². The van der Waals surface area contributed by atoms with Crippen molar-refractivity contribution in [2.45, 2.75) is 57.9 Å². The first kappa shape index (κ1) is 19.8. The summed E-state index contributed by atoms with van der Waals surface area (Å²) in [6, 6.07) is 9.66. The Bertz CT molecular complexity index is 562. The van der Waals surface area contributed by atoms with Crippen LogP contribution in [0.3, 0.4) is 0 Å². The van der Waals surface area contributed by atoms with Gasteiger partial charge in [-0.05, 0) is 24.3 Å². The second-order valence-corrected chi connectivity index (χ2v) is 8.10. The van der Waals surface area contributed by atoms with Gasteiger partial charge in [0.05, 0.1) is 0 Å². The fourth-order valence-corrected chi connectivity index (χ4v) is 4.40. The van der Waals surface area contributed by atoms with Crippen LogP contribution in [0.2, 0.25) is 0 Å². The van der Waals surface area contributed by atoms with E-state index in [4.69, 9.17) is 0 Å². The van der Waals surface area contributed by atoms with Crippen molar-refractivity contribution in [2.24, 2.45) is 5.92 Å². The van der Waals surface area contributed by atoms with E-state index in [1.54, 1.807) is 11.8 Å². The van der Waals surface area contributed by atoms with Crippen molar-refractivity contribution in [3.05, 3.63) is 35.9 Å². The van der Waals surface area contributed by atoms with E-state index in [1.165, 1.54) is 0 Å². The quantitative estimate of drug-likeness (QED) is 0.761. The molecule has 2 unspecified atom stereocenters. The molecule has 2 atom stereocenters. The highest BCUT2D eigenvalue weighted by Crippen LogP contribution is 2.41. The van der Waals surface area contributed by atoms with Crippen LogP contribution in [0.4, 0.5) is 0 Å². The largest absolute Gasteiger partial charge is 0.354 e. The van der Waals surface area contributed by atoms with E-state index in [1.807, 2.05) is 35.2 Å². The summed E-state index contributed by atoms with van der Waals surface area (Å²) < 4.78 is 0. The molecule has 25 heavy (non-hydrogen) atoms. The lowest BCUT2D eigenvalue weighted by Crippen LogP contribution is -2.48. The molecule has 5 heteroatoms. The molecule has 0 saturated carbocycles. The first-order chi connectivity index (χ1) is 12.0. The lowest BCUT2D eigenvalue weighted by atomic mass is 10.1. The van der Waals surface area contributed by atoms with E-state index in [0.29, 0.717) is 24.6 Å². The maximum atomic E-state index is 12.8. The number of hydrogen-bond acceptors (Lipinski definition) is 3. The van der Waals surface area contributed by atoms with Crippen molar-refractivity contribution in [3.63, 3.8) is 0 Å². The van der Waals surface area contributed by atoms with Crippen molar-refractivity contribution in [2.75, 3.05) is 12.3 Å². The van der Waals surface area contributed by atoms with Crippen LogP contribution in [0, 0.1) is 5.92 Å². The van der Waals surface area contributed by atoms with Crippen molar-refractivity contribution in [1.29, 1.82) is 0 Å². The van der Waals surface area contributed by atoms with Crippen LogP contribution < -0.4 is 5.32 Å². The van der Waals surface area contributed by atoms with Gasteiger partial charge in [-0.15, -0.1) is 11.8 Å². The number of thioether (sulfide) groups is 1. The van der Waals surface area contributed by atoms with Crippen molar-refractivity contribution in [3.8, 4) is 0 Å². The Morgan fingerprint density at radius 2 is 2.00 bits per heavy atom. The third kappa shape index (κ3) is 5.50. The summed E-state index contributed by atoms with van der Waals surface area (Å²) in [6.45, 7) is 7.04. The van der Waals surface area contributed by atoms with Gasteiger partial charge in [-0.1, -0.05) is 57.5 Å². The summed E-state index contributed by atoms with van der Waals surface area (Å²) in [5.41, 5.74) is 1.09. The van der Waals surface area contributed by atoms with Crippen LogP contribution in [-0.2, 0) is 9.59 Å². The van der Waals surface area contributed by atoms with Gasteiger partial charge in [0, 0.05) is 18.7 Å². The monoisotopic (exact) mass is 362 g/mol. The Hall–Kier alpha value is -1.49. The minimum Gasteiger partial charge on any atom is -0.354 e. The van der Waals surface area contributed by atoms with E-state index in [9.17, 15) is 9.59 Å². The van der Waals surface area contributed by atoms with E-state index in [0.717, 1.165) is 24.8 Å². The highest BCUT2D eigenvalue weighted by molar-refractivity contribution is 7.99. The molecule has 0 radical (unpaired) electrons. The summed E-state index contributed by atoms with van der Waals surface area (Å²) in [4.78, 5) is 27.3. The summed E-state index contributed by atoms with van der Waals surface area (Å²) >= 11 is 1.69. The molecule has 1 aromatic carbocycles. The molecule has 138 valence electrons. The predicted molar refractivity (Wildman–Crippen MR) is 104 cm³/mol. The van der Waals surface area contributed by atoms with Crippen molar-refractivity contribution >= 4 is 23.6 Å². The van der Waals surface area contributed by atoms with Gasteiger partial charge < -0.3 is 10.2 Å². The molecule has 1 aliphatic heterocycles. The Morgan fingerprint density at radius 1 is 1.28 bits per heavy atom. The van der Waals surface area contributed by atoms with Gasteiger partial charge in [0.1, 0.15) is 11.4 Å². The molecule has 0 spiro atoms. The molecule has 1 aromatic rings. The van der Waals surface area contributed by atoms with Gasteiger partial charge in [-0.3, -0.25) is 9.59 Å². The Morgan fingerprint density at radius 3 is 2.64 bits per heavy atom. The molecule has 1 heterocycles. The zero-order chi connectivity index (χ0) is 18.2. The second-order valence-electron chi connectivity index (χ2n) is 6.99. The van der Waals surface area contributed by atoms with Gasteiger partial charge in [0.2, 0.25) is 11.8 Å². The maximum Gasteiger partial charge on any atom is 0.243 e. The molecule has 0 aromatic heterocycles. The average Bonchev–Trinajstić information content (AvgIpc) is 3.05. The Kier molecular flexibility index (Phi) is 7.82. The summed E-state index contributed by atoms with van der Waals surface area (Å²) in [5.74, 6) is 1.28. The molecule has 4 nitrogen and oxygen atoms in total. The van der Waals surface area contributed by atoms with Crippen LogP contribution in [0.1, 0.15) is 57.4 Å². The minimum atomic E-state index is -0.369. The molecular formula is C20H30N2O2S. The van der Waals surface area contributed by atoms with Crippen LogP contribution in [-0.4, -0.2) is 35.1 Å². The van der Waals surface area contributed by atoms with Gasteiger partial charge in [0.25, 0.3) is 0 Å². The zero-order valence-corrected chi connectivity index (χ0v) is 16.3. The third-order valence-electron chi connectivity index (χ3n) is 4.44. The predicted octanol–water partition coefficient (Wildman–Crippen LogP) is 3.98. The summed E-state index contributed by atoms with van der Waals surface area (Å²) in [7, 11) is 0. The van der Waals surface area contributed by atoms with Crippen LogP contribution in [0.25, 0.3) is 0 Å². The molecule has 1 fully saturated rings. The van der Waals surface area contributed by atoms with E-state index in [2.05, 4.69) is 26.1 Å². The number of benzene rings is 1. The number of amides is 2. The highest BCUT2D eigenvalue weighted by atomic mass is 32.2. The van der Waals surface area contributed by atoms with Crippen molar-refractivity contribution in [1.82, 2.24) is 10.2 Å². The van der Waals surface area contributed by atoms with Crippen LogP contribution in [0.5, 0.6) is 0 Å². The normalized spacial score (nSPS) is 20.1. The Balaban J connectivity index is 2.12. The number of nitrogens with one attached hydrogen (secondary N) is 1. The van der Waals surface area contributed by atoms with Gasteiger partial charge >= 0.3 is 0 Å². The molecular weight excluding hydrogens is 332 g/mol. The van der Waals surface area contributed by atoms with Gasteiger partial charge in [0.15, 0.2) is 0 Å². The molecule has 0 aliphatic carbocycles. The smallest absolute Gasteiger partial charge is 0.243 e. The van der Waals surface area contributed by atoms with Gasteiger partial charge in [-0.2, -0.15) is 0 Å². The summed E-state index contributed by atoms with van der Waals surface area (Å²) in [5, 5.41) is 2.96. The molecule has 1 aliphatic rings. The first-order valence-electron chi connectivity index (χ1n) is 9.30. The average molecular weight is 363 g/mol. The van der Waals surface area contributed by atoms with E-state index >= 15 is 0 Å². The van der Waals surface area contributed by atoms with E-state index < -0.39 is 0 Å². The van der Waals surface area contributed by atoms with Crippen LogP contribution >= 0.6 is 11.8 Å². The molecule has 2 rings (SSSR count). The molecule has 0 bridgehead atoms. The first-order valence-corrected chi connectivity index (χ1v) is 10.3. The number of hydrogen-bond donors (Lipinski definition) is 1. The fraction of sp³-hybridized carbons (Fsp3) is 0.600. The SMILES string of the molecule is CCCCC(=O)N1C(C(=O)NCCC(C)C)CSC1c1ccccc1. The number of carbonyl (C=O) groups is 2. The van der Waals surface area contributed by atoms with E-state index in [-0.39, 0.29) is 23.2 Å². The number of unbranched alkanes of at least 4 members (excludes halogenated alkanes) is 1. The standard InChI is InChI=1S/C20H30N2O2S/c1-4-5-11-18(23)22-17(19(24)21-13-12-15(2)3)14-25-20(22)16-9-7-6-8-10-16/h6-10,15,17,20H,4-5,11-14H2,1-3H3,(H,21,24). The topological polar surface area (TPSA) is 49.4 Å². The molecule has 2 amide bonds. The Labute approximate surface area is 155 Å². The lowest BCUT2D eigenvalue weighted by molar-refractivity contribution is -0.140. The maximum absolute atomic E-state index is 12.8.